The fourth-order valence-electron chi connectivity index (χ4n) is 2.63. The Balaban J connectivity index is 1.96. The van der Waals surface area contributed by atoms with Crippen molar-refractivity contribution in [1.82, 2.24) is 9.97 Å². The van der Waals surface area contributed by atoms with Crippen molar-refractivity contribution in [2.75, 3.05) is 7.11 Å². The smallest absolute Gasteiger partial charge is 0.319 e. The number of methoxy groups -OCH3 is 1. The van der Waals surface area contributed by atoms with Gasteiger partial charge < -0.3 is 9.72 Å². The van der Waals surface area contributed by atoms with Crippen molar-refractivity contribution in [3.05, 3.63) is 40.8 Å². The van der Waals surface area contributed by atoms with Gasteiger partial charge in [0.15, 0.2) is 0 Å². The molecule has 0 spiro atoms. The SMILES string of the molecule is COC(=O)C1(c2ncc(-c3cccc(Br)c3)[nH]2)CCC1. The molecule has 5 heteroatoms. The second kappa shape index (κ2) is 5.05. The number of rotatable bonds is 3. The summed E-state index contributed by atoms with van der Waals surface area (Å²) < 4.78 is 5.95. The van der Waals surface area contributed by atoms with Crippen molar-refractivity contribution in [2.45, 2.75) is 24.7 Å². The van der Waals surface area contributed by atoms with Crippen LogP contribution >= 0.6 is 15.9 Å². The van der Waals surface area contributed by atoms with Crippen LogP contribution in [-0.4, -0.2) is 23.0 Å². The lowest BCUT2D eigenvalue weighted by atomic mass is 9.68. The van der Waals surface area contributed by atoms with E-state index >= 15 is 0 Å². The van der Waals surface area contributed by atoms with Crippen LogP contribution in [-0.2, 0) is 14.9 Å². The highest BCUT2D eigenvalue weighted by atomic mass is 79.9. The number of aromatic amines is 1. The third kappa shape index (κ3) is 2.06. The Morgan fingerprint density at radius 3 is 2.85 bits per heavy atom. The minimum Gasteiger partial charge on any atom is -0.468 e. The Kier molecular flexibility index (Phi) is 3.38. The van der Waals surface area contributed by atoms with Gasteiger partial charge >= 0.3 is 5.97 Å². The lowest BCUT2D eigenvalue weighted by molar-refractivity contribution is -0.151. The van der Waals surface area contributed by atoms with Crippen molar-refractivity contribution in [3.63, 3.8) is 0 Å². The van der Waals surface area contributed by atoms with Gasteiger partial charge in [0.25, 0.3) is 0 Å². The average molecular weight is 335 g/mol. The standard InChI is InChI=1S/C15H15BrN2O2/c1-20-14(19)15(6-3-7-15)13-17-9-12(18-13)10-4-2-5-11(16)8-10/h2,4-5,8-9H,3,6-7H2,1H3,(H,17,18). The molecule has 3 rings (SSSR count). The Labute approximate surface area is 125 Å². The summed E-state index contributed by atoms with van der Waals surface area (Å²) in [5.74, 6) is 0.518. The monoisotopic (exact) mass is 334 g/mol. The molecule has 0 aliphatic heterocycles. The van der Waals surface area contributed by atoms with Crippen molar-refractivity contribution in [2.24, 2.45) is 0 Å². The summed E-state index contributed by atoms with van der Waals surface area (Å²) in [6.07, 6.45) is 4.40. The lowest BCUT2D eigenvalue weighted by Crippen LogP contribution is -2.44. The number of halogens is 1. The molecule has 20 heavy (non-hydrogen) atoms. The van der Waals surface area contributed by atoms with Crippen LogP contribution in [0.4, 0.5) is 0 Å². The van der Waals surface area contributed by atoms with Crippen molar-refractivity contribution in [3.8, 4) is 11.3 Å². The molecule has 1 heterocycles. The topological polar surface area (TPSA) is 55.0 Å². The third-order valence-corrected chi connectivity index (χ3v) is 4.44. The molecule has 1 fully saturated rings. The van der Waals surface area contributed by atoms with Crippen LogP contribution in [0.15, 0.2) is 34.9 Å². The fourth-order valence-corrected chi connectivity index (χ4v) is 3.03. The molecule has 0 bridgehead atoms. The largest absolute Gasteiger partial charge is 0.468 e. The molecule has 0 saturated heterocycles. The molecule has 2 aromatic rings. The van der Waals surface area contributed by atoms with Gasteiger partial charge in [-0.05, 0) is 25.0 Å². The Morgan fingerprint density at radius 1 is 1.45 bits per heavy atom. The summed E-state index contributed by atoms with van der Waals surface area (Å²) in [7, 11) is 1.43. The summed E-state index contributed by atoms with van der Waals surface area (Å²) in [5.41, 5.74) is 1.38. The number of H-pyrrole nitrogens is 1. The molecule has 0 unspecified atom stereocenters. The van der Waals surface area contributed by atoms with E-state index in [4.69, 9.17) is 4.74 Å². The molecule has 0 atom stereocenters. The molecule has 1 aromatic heterocycles. The summed E-state index contributed by atoms with van der Waals surface area (Å²) in [6.45, 7) is 0. The Bertz CT molecular complexity index is 647. The molecule has 1 aliphatic rings. The first-order valence-electron chi connectivity index (χ1n) is 6.55. The third-order valence-electron chi connectivity index (χ3n) is 3.95. The molecule has 104 valence electrons. The normalized spacial score (nSPS) is 16.5. The summed E-state index contributed by atoms with van der Waals surface area (Å²) in [5, 5.41) is 0. The fraction of sp³-hybridized carbons (Fsp3) is 0.333. The molecule has 1 aliphatic carbocycles. The zero-order valence-corrected chi connectivity index (χ0v) is 12.7. The maximum absolute atomic E-state index is 12.0. The first-order chi connectivity index (χ1) is 9.65. The molecule has 1 saturated carbocycles. The number of nitrogens with zero attached hydrogens (tertiary/aromatic N) is 1. The van der Waals surface area contributed by atoms with Crippen LogP contribution in [0.2, 0.25) is 0 Å². The lowest BCUT2D eigenvalue weighted by Gasteiger charge is -2.36. The van der Waals surface area contributed by atoms with Crippen LogP contribution in [0, 0.1) is 0 Å². The highest BCUT2D eigenvalue weighted by Gasteiger charge is 2.49. The van der Waals surface area contributed by atoms with Gasteiger partial charge in [-0.2, -0.15) is 0 Å². The van der Waals surface area contributed by atoms with E-state index in [0.29, 0.717) is 5.82 Å². The van der Waals surface area contributed by atoms with Gasteiger partial charge in [0.05, 0.1) is 19.0 Å². The summed E-state index contributed by atoms with van der Waals surface area (Å²) in [6, 6.07) is 7.97. The van der Waals surface area contributed by atoms with E-state index in [1.54, 1.807) is 6.20 Å². The van der Waals surface area contributed by atoms with Gasteiger partial charge in [-0.3, -0.25) is 4.79 Å². The van der Waals surface area contributed by atoms with Crippen LogP contribution in [0.25, 0.3) is 11.3 Å². The van der Waals surface area contributed by atoms with E-state index in [2.05, 4.69) is 25.9 Å². The van der Waals surface area contributed by atoms with Gasteiger partial charge in [0, 0.05) is 10.0 Å². The van der Waals surface area contributed by atoms with Gasteiger partial charge in [-0.1, -0.05) is 34.5 Å². The van der Waals surface area contributed by atoms with Crippen LogP contribution in [0.1, 0.15) is 25.1 Å². The zero-order chi connectivity index (χ0) is 14.2. The van der Waals surface area contributed by atoms with Crippen molar-refractivity contribution < 1.29 is 9.53 Å². The second-order valence-corrected chi connectivity index (χ2v) is 6.00. The van der Waals surface area contributed by atoms with Crippen molar-refractivity contribution in [1.29, 1.82) is 0 Å². The van der Waals surface area contributed by atoms with E-state index in [1.807, 2.05) is 24.3 Å². The summed E-state index contributed by atoms with van der Waals surface area (Å²) >= 11 is 3.46. The van der Waals surface area contributed by atoms with Crippen LogP contribution < -0.4 is 0 Å². The average Bonchev–Trinajstić information content (AvgIpc) is 2.87. The number of esters is 1. The van der Waals surface area contributed by atoms with Crippen LogP contribution in [0.3, 0.4) is 0 Å². The molecule has 1 N–H and O–H groups in total. The predicted octanol–water partition coefficient (Wildman–Crippen LogP) is 3.43. The maximum atomic E-state index is 12.0. The highest BCUT2D eigenvalue weighted by molar-refractivity contribution is 9.10. The minimum atomic E-state index is -0.570. The first-order valence-corrected chi connectivity index (χ1v) is 7.35. The number of hydrogen-bond donors (Lipinski definition) is 1. The number of carbonyl (C=O) groups excluding carboxylic acids is 1. The first kappa shape index (κ1) is 13.4. The van der Waals surface area contributed by atoms with E-state index in [0.717, 1.165) is 35.0 Å². The number of hydrogen-bond acceptors (Lipinski definition) is 3. The zero-order valence-electron chi connectivity index (χ0n) is 11.1. The quantitative estimate of drug-likeness (QED) is 0.875. The van der Waals surface area contributed by atoms with Crippen LogP contribution in [0.5, 0.6) is 0 Å². The number of benzene rings is 1. The van der Waals surface area contributed by atoms with Gasteiger partial charge in [0.1, 0.15) is 11.2 Å². The molecule has 0 radical (unpaired) electrons. The second-order valence-electron chi connectivity index (χ2n) is 5.08. The molecular weight excluding hydrogens is 320 g/mol. The number of aromatic nitrogens is 2. The minimum absolute atomic E-state index is 0.195. The van der Waals surface area contributed by atoms with E-state index < -0.39 is 5.41 Å². The maximum Gasteiger partial charge on any atom is 0.319 e. The number of imidazole rings is 1. The predicted molar refractivity (Wildman–Crippen MR) is 79.3 cm³/mol. The van der Waals surface area contributed by atoms with Gasteiger partial charge in [-0.25, -0.2) is 4.98 Å². The van der Waals surface area contributed by atoms with Gasteiger partial charge in [0.2, 0.25) is 0 Å². The van der Waals surface area contributed by atoms with E-state index in [9.17, 15) is 4.79 Å². The van der Waals surface area contributed by atoms with E-state index in [-0.39, 0.29) is 5.97 Å². The van der Waals surface area contributed by atoms with E-state index in [1.165, 1.54) is 7.11 Å². The van der Waals surface area contributed by atoms with Crippen molar-refractivity contribution >= 4 is 21.9 Å². The molecule has 0 amide bonds. The Hall–Kier alpha value is -1.62. The Morgan fingerprint density at radius 2 is 2.25 bits per heavy atom. The summed E-state index contributed by atoms with van der Waals surface area (Å²) in [4.78, 5) is 19.7. The number of nitrogens with one attached hydrogen (secondary N) is 1. The molecule has 4 nitrogen and oxygen atoms in total. The van der Waals surface area contributed by atoms with Gasteiger partial charge in [-0.15, -0.1) is 0 Å². The highest BCUT2D eigenvalue weighted by Crippen LogP contribution is 2.43. The molecular formula is C15H15BrN2O2. The molecule has 1 aromatic carbocycles. The number of ether oxygens (including phenoxy) is 1. The number of carbonyl (C=O) groups is 1.